The zero-order valence-electron chi connectivity index (χ0n) is 22.6. The van der Waals surface area contributed by atoms with Crippen LogP contribution >= 0.6 is 0 Å². The number of azide groups is 1. The monoisotopic (exact) mass is 511 g/mol. The van der Waals surface area contributed by atoms with Gasteiger partial charge in [0.05, 0.1) is 18.8 Å². The Morgan fingerprint density at radius 1 is 0.889 bits per heavy atom. The molecule has 1 N–H and O–H groups in total. The molecule has 6 nitrogen and oxygen atoms in total. The van der Waals surface area contributed by atoms with Crippen LogP contribution in [0.15, 0.2) is 65.8 Å². The first-order valence-corrected chi connectivity index (χ1v) is 15.3. The zero-order chi connectivity index (χ0) is 26.3. The molecule has 0 aliphatic heterocycles. The lowest BCUT2D eigenvalue weighted by Crippen LogP contribution is -2.67. The van der Waals surface area contributed by atoms with Crippen molar-refractivity contribution in [3.8, 4) is 0 Å². The lowest BCUT2D eigenvalue weighted by Gasteiger charge is -2.43. The van der Waals surface area contributed by atoms with Crippen molar-refractivity contribution in [1.82, 2.24) is 0 Å². The van der Waals surface area contributed by atoms with Crippen molar-refractivity contribution in [3.05, 3.63) is 71.1 Å². The molecular formula is C29H45N3O3Si. The highest BCUT2D eigenvalue weighted by Gasteiger charge is 2.50. The van der Waals surface area contributed by atoms with Crippen molar-refractivity contribution in [3.63, 3.8) is 0 Å². The van der Waals surface area contributed by atoms with Gasteiger partial charge in [-0.25, -0.2) is 0 Å². The lowest BCUT2D eigenvalue weighted by molar-refractivity contribution is 0.0635. The summed E-state index contributed by atoms with van der Waals surface area (Å²) in [5, 5.41) is 16.4. The van der Waals surface area contributed by atoms with Crippen LogP contribution in [0.2, 0.25) is 5.04 Å². The van der Waals surface area contributed by atoms with E-state index in [-0.39, 0.29) is 24.4 Å². The second-order valence-corrected chi connectivity index (χ2v) is 14.9. The normalized spacial score (nSPS) is 13.7. The highest BCUT2D eigenvalue weighted by molar-refractivity contribution is 6.99. The number of rotatable bonds is 17. The Morgan fingerprint density at radius 2 is 1.47 bits per heavy atom. The summed E-state index contributed by atoms with van der Waals surface area (Å²) in [7, 11) is -2.71. The van der Waals surface area contributed by atoms with Gasteiger partial charge in [0.2, 0.25) is 0 Å². The van der Waals surface area contributed by atoms with E-state index in [1.807, 2.05) is 12.1 Å². The van der Waals surface area contributed by atoms with Gasteiger partial charge >= 0.3 is 0 Å². The van der Waals surface area contributed by atoms with E-state index in [0.717, 1.165) is 12.8 Å². The number of benzene rings is 2. The number of aliphatic hydroxyl groups excluding tert-OH is 1. The maximum atomic E-state index is 10.2. The molecular weight excluding hydrogens is 466 g/mol. The van der Waals surface area contributed by atoms with Crippen LogP contribution in [0.25, 0.3) is 10.4 Å². The summed E-state index contributed by atoms with van der Waals surface area (Å²) >= 11 is 0. The van der Waals surface area contributed by atoms with E-state index >= 15 is 0 Å². The minimum Gasteiger partial charge on any atom is -0.407 e. The Labute approximate surface area is 218 Å². The van der Waals surface area contributed by atoms with Crippen LogP contribution in [0.3, 0.4) is 0 Å². The van der Waals surface area contributed by atoms with Gasteiger partial charge < -0.3 is 14.3 Å². The minimum atomic E-state index is -2.71. The van der Waals surface area contributed by atoms with E-state index in [0.29, 0.717) is 13.0 Å². The first-order valence-electron chi connectivity index (χ1n) is 13.4. The lowest BCUT2D eigenvalue weighted by atomic mass is 10.1. The van der Waals surface area contributed by atoms with Crippen LogP contribution in [-0.2, 0) is 9.16 Å². The molecule has 0 heterocycles. The van der Waals surface area contributed by atoms with Crippen LogP contribution in [-0.4, -0.2) is 45.4 Å². The number of hydrogen-bond donors (Lipinski definition) is 1. The Bertz CT molecular complexity index is 859. The molecule has 2 atom stereocenters. The third-order valence-corrected chi connectivity index (χ3v) is 11.7. The fourth-order valence-electron chi connectivity index (χ4n) is 4.74. The molecule has 0 radical (unpaired) electrons. The molecule has 198 valence electrons. The number of unbranched alkanes of at least 4 members (excludes halogenated alkanes) is 4. The molecule has 2 unspecified atom stereocenters. The van der Waals surface area contributed by atoms with Crippen LogP contribution < -0.4 is 10.4 Å². The number of hydrogen-bond acceptors (Lipinski definition) is 4. The average molecular weight is 512 g/mol. The van der Waals surface area contributed by atoms with Crippen molar-refractivity contribution in [1.29, 1.82) is 0 Å². The van der Waals surface area contributed by atoms with Gasteiger partial charge in [-0.15, -0.1) is 0 Å². The highest BCUT2D eigenvalue weighted by Crippen LogP contribution is 2.36. The van der Waals surface area contributed by atoms with E-state index < -0.39 is 14.4 Å². The van der Waals surface area contributed by atoms with E-state index in [4.69, 9.17) is 9.16 Å². The molecule has 0 bridgehead atoms. The predicted molar refractivity (Wildman–Crippen MR) is 151 cm³/mol. The van der Waals surface area contributed by atoms with Gasteiger partial charge in [0.25, 0.3) is 8.32 Å². The number of ether oxygens (including phenoxy) is 1. The minimum absolute atomic E-state index is 0.154. The van der Waals surface area contributed by atoms with E-state index in [9.17, 15) is 10.6 Å². The Hall–Kier alpha value is -2.15. The second kappa shape index (κ2) is 15.8. The van der Waals surface area contributed by atoms with E-state index in [1.165, 1.54) is 36.1 Å². The molecule has 0 aliphatic rings. The van der Waals surface area contributed by atoms with Crippen LogP contribution in [0.5, 0.6) is 0 Å². The maximum absolute atomic E-state index is 10.2. The van der Waals surface area contributed by atoms with Gasteiger partial charge in [-0.05, 0) is 33.8 Å². The highest BCUT2D eigenvalue weighted by atomic mass is 28.4. The second-order valence-electron chi connectivity index (χ2n) is 10.6. The third kappa shape index (κ3) is 9.06. The van der Waals surface area contributed by atoms with Gasteiger partial charge in [-0.1, -0.05) is 126 Å². The molecule has 0 saturated carbocycles. The van der Waals surface area contributed by atoms with Gasteiger partial charge in [0.15, 0.2) is 0 Å². The molecule has 7 heteroatoms. The smallest absolute Gasteiger partial charge is 0.261 e. The Balaban J connectivity index is 2.04. The maximum Gasteiger partial charge on any atom is 0.261 e. The van der Waals surface area contributed by atoms with Gasteiger partial charge in [-0.3, -0.25) is 0 Å². The van der Waals surface area contributed by atoms with Crippen molar-refractivity contribution < 1.29 is 14.3 Å². The van der Waals surface area contributed by atoms with Crippen LogP contribution in [0, 0.1) is 0 Å². The van der Waals surface area contributed by atoms with Crippen LogP contribution in [0.1, 0.15) is 72.6 Å². The Morgan fingerprint density at radius 3 is 2.00 bits per heavy atom. The Kier molecular flexibility index (Phi) is 13.2. The molecule has 0 fully saturated rings. The quantitative estimate of drug-likeness (QED) is 0.0880. The van der Waals surface area contributed by atoms with Crippen molar-refractivity contribution >= 4 is 18.7 Å². The van der Waals surface area contributed by atoms with Crippen molar-refractivity contribution in [2.45, 2.75) is 89.8 Å². The molecule has 0 aliphatic carbocycles. The summed E-state index contributed by atoms with van der Waals surface area (Å²) < 4.78 is 12.7. The van der Waals surface area contributed by atoms with Gasteiger partial charge in [0.1, 0.15) is 0 Å². The van der Waals surface area contributed by atoms with E-state index in [2.05, 4.69) is 86.3 Å². The predicted octanol–water partition coefficient (Wildman–Crippen LogP) is 6.37. The summed E-state index contributed by atoms with van der Waals surface area (Å²) in [5.74, 6) is 0. The van der Waals surface area contributed by atoms with Crippen molar-refractivity contribution in [2.24, 2.45) is 5.11 Å². The zero-order valence-corrected chi connectivity index (χ0v) is 23.6. The molecule has 0 amide bonds. The molecule has 0 saturated heterocycles. The van der Waals surface area contributed by atoms with E-state index in [1.54, 1.807) is 0 Å². The summed E-state index contributed by atoms with van der Waals surface area (Å²) in [6.07, 6.45) is 6.99. The van der Waals surface area contributed by atoms with Gasteiger partial charge in [0, 0.05) is 18.1 Å². The van der Waals surface area contributed by atoms with Gasteiger partial charge in [-0.2, -0.15) is 0 Å². The van der Waals surface area contributed by atoms with Crippen molar-refractivity contribution in [2.75, 3.05) is 19.8 Å². The number of aliphatic hydroxyl groups is 1. The molecule has 2 aromatic carbocycles. The topological polar surface area (TPSA) is 87.5 Å². The summed E-state index contributed by atoms with van der Waals surface area (Å²) in [6, 6.07) is 20.4. The SMILES string of the molecule is CCCCCCCC(O)CCOCC(CO[Si](c1ccccc1)(c1ccccc1)C(C)(C)C)N=[N+]=[N-]. The third-order valence-electron chi connectivity index (χ3n) is 6.67. The first-order chi connectivity index (χ1) is 17.3. The largest absolute Gasteiger partial charge is 0.407 e. The standard InChI is InChI=1S/C29H45N3O3Si/c1-5-6-7-8-11-16-26(33)21-22-34-23-25(31-32-30)24-35-36(29(2,3)4,27-17-12-9-13-18-27)28-19-14-10-15-20-28/h9-10,12-15,17-20,25-26,33H,5-8,11,16,21-24H2,1-4H3. The summed E-state index contributed by atoms with van der Waals surface area (Å²) in [6.45, 7) is 9.86. The summed E-state index contributed by atoms with van der Waals surface area (Å²) in [4.78, 5) is 3.05. The fourth-order valence-corrected chi connectivity index (χ4v) is 9.34. The first kappa shape index (κ1) is 30.1. The average Bonchev–Trinajstić information content (AvgIpc) is 2.87. The molecule has 2 rings (SSSR count). The molecule has 0 spiro atoms. The fraction of sp³-hybridized carbons (Fsp3) is 0.586. The molecule has 0 aromatic heterocycles. The number of nitrogens with zero attached hydrogens (tertiary/aromatic N) is 3. The molecule has 2 aromatic rings. The summed E-state index contributed by atoms with van der Waals surface area (Å²) in [5.41, 5.74) is 9.18. The molecule has 36 heavy (non-hydrogen) atoms. The van der Waals surface area contributed by atoms with Crippen LogP contribution in [0.4, 0.5) is 0 Å².